The molecule has 1 aromatic carbocycles. The predicted octanol–water partition coefficient (Wildman–Crippen LogP) is 3.60. The van der Waals surface area contributed by atoms with Crippen molar-refractivity contribution in [3.63, 3.8) is 0 Å². The molecule has 98 valence electrons. The van der Waals surface area contributed by atoms with Crippen LogP contribution in [-0.2, 0) is 16.1 Å². The second-order valence-electron chi connectivity index (χ2n) is 5.33. The largest absolute Gasteiger partial charge is 0.376 e. The maximum atomic E-state index is 11.3. The molecule has 0 amide bonds. The van der Waals surface area contributed by atoms with Gasteiger partial charge in [0.15, 0.2) is 0 Å². The van der Waals surface area contributed by atoms with E-state index in [1.165, 1.54) is 5.56 Å². The number of hydrogen-bond acceptors (Lipinski definition) is 2. The topological polar surface area (TPSA) is 26.3 Å². The zero-order chi connectivity index (χ0) is 12.8. The van der Waals surface area contributed by atoms with Crippen molar-refractivity contribution >= 4 is 5.78 Å². The Labute approximate surface area is 109 Å². The van der Waals surface area contributed by atoms with E-state index in [1.54, 1.807) is 6.92 Å². The van der Waals surface area contributed by atoms with Gasteiger partial charge in [-0.1, -0.05) is 30.3 Å². The highest BCUT2D eigenvalue weighted by Crippen LogP contribution is 2.29. The molecule has 0 aromatic heterocycles. The van der Waals surface area contributed by atoms with E-state index in [4.69, 9.17) is 4.74 Å². The number of ether oxygens (including phenoxy) is 1. The van der Waals surface area contributed by atoms with Gasteiger partial charge in [-0.2, -0.15) is 0 Å². The van der Waals surface area contributed by atoms with E-state index in [9.17, 15) is 4.79 Å². The van der Waals surface area contributed by atoms with Crippen LogP contribution in [0.4, 0.5) is 0 Å². The van der Waals surface area contributed by atoms with Gasteiger partial charge in [-0.25, -0.2) is 0 Å². The van der Waals surface area contributed by atoms with Crippen LogP contribution in [0.3, 0.4) is 0 Å². The SMILES string of the molecule is CC(=O)[C@H]1CC[C@H](COCc2ccccc2)CC1. The van der Waals surface area contributed by atoms with E-state index in [0.717, 1.165) is 32.3 Å². The third-order valence-electron chi connectivity index (χ3n) is 3.89. The summed E-state index contributed by atoms with van der Waals surface area (Å²) in [6.45, 7) is 3.25. The molecule has 2 rings (SSSR count). The Bertz CT molecular complexity index is 364. The highest BCUT2D eigenvalue weighted by atomic mass is 16.5. The molecular weight excluding hydrogens is 224 g/mol. The Kier molecular flexibility index (Phi) is 4.94. The van der Waals surface area contributed by atoms with Crippen molar-refractivity contribution in [2.75, 3.05) is 6.61 Å². The molecule has 1 aromatic rings. The second kappa shape index (κ2) is 6.69. The average molecular weight is 246 g/mol. The number of carbonyl (C=O) groups is 1. The third-order valence-corrected chi connectivity index (χ3v) is 3.89. The smallest absolute Gasteiger partial charge is 0.132 e. The quantitative estimate of drug-likeness (QED) is 0.793. The zero-order valence-electron chi connectivity index (χ0n) is 11.1. The van der Waals surface area contributed by atoms with E-state index >= 15 is 0 Å². The summed E-state index contributed by atoms with van der Waals surface area (Å²) in [6.07, 6.45) is 4.38. The summed E-state index contributed by atoms with van der Waals surface area (Å²) in [5.41, 5.74) is 1.23. The van der Waals surface area contributed by atoms with Gasteiger partial charge >= 0.3 is 0 Å². The predicted molar refractivity (Wildman–Crippen MR) is 72.2 cm³/mol. The molecule has 0 unspecified atom stereocenters. The molecule has 0 atom stereocenters. The molecule has 1 aliphatic rings. The van der Waals surface area contributed by atoms with Gasteiger partial charge in [-0.3, -0.25) is 4.79 Å². The lowest BCUT2D eigenvalue weighted by Crippen LogP contribution is -2.22. The molecule has 0 aliphatic heterocycles. The molecule has 0 spiro atoms. The monoisotopic (exact) mass is 246 g/mol. The van der Waals surface area contributed by atoms with Crippen LogP contribution >= 0.6 is 0 Å². The highest BCUT2D eigenvalue weighted by molar-refractivity contribution is 5.78. The summed E-state index contributed by atoms with van der Waals surface area (Å²) < 4.78 is 5.77. The van der Waals surface area contributed by atoms with Crippen LogP contribution in [0.5, 0.6) is 0 Å². The maximum Gasteiger partial charge on any atom is 0.132 e. The third kappa shape index (κ3) is 3.95. The molecular formula is C16H22O2. The van der Waals surface area contributed by atoms with Crippen molar-refractivity contribution in [2.24, 2.45) is 11.8 Å². The van der Waals surface area contributed by atoms with E-state index < -0.39 is 0 Å². The Morgan fingerprint density at radius 1 is 1.17 bits per heavy atom. The first-order chi connectivity index (χ1) is 8.75. The van der Waals surface area contributed by atoms with Gasteiger partial charge in [0, 0.05) is 12.5 Å². The summed E-state index contributed by atoms with van der Waals surface area (Å²) in [5.74, 6) is 1.32. The van der Waals surface area contributed by atoms with Gasteiger partial charge in [0.1, 0.15) is 5.78 Å². The van der Waals surface area contributed by atoms with Crippen LogP contribution < -0.4 is 0 Å². The molecule has 2 nitrogen and oxygen atoms in total. The van der Waals surface area contributed by atoms with E-state index in [-0.39, 0.29) is 0 Å². The first-order valence-corrected chi connectivity index (χ1v) is 6.88. The van der Waals surface area contributed by atoms with Crippen molar-refractivity contribution in [1.29, 1.82) is 0 Å². The lowest BCUT2D eigenvalue weighted by atomic mass is 9.81. The van der Waals surface area contributed by atoms with Crippen LogP contribution in [0.1, 0.15) is 38.2 Å². The molecule has 0 saturated heterocycles. The van der Waals surface area contributed by atoms with Crippen molar-refractivity contribution in [2.45, 2.75) is 39.2 Å². The summed E-state index contributed by atoms with van der Waals surface area (Å²) in [7, 11) is 0. The minimum atomic E-state index is 0.315. The van der Waals surface area contributed by atoms with E-state index in [0.29, 0.717) is 24.2 Å². The minimum absolute atomic E-state index is 0.315. The van der Waals surface area contributed by atoms with Crippen molar-refractivity contribution in [3.8, 4) is 0 Å². The molecule has 0 radical (unpaired) electrons. The van der Waals surface area contributed by atoms with Gasteiger partial charge in [-0.05, 0) is 44.1 Å². The van der Waals surface area contributed by atoms with Gasteiger partial charge in [-0.15, -0.1) is 0 Å². The van der Waals surface area contributed by atoms with Gasteiger partial charge in [0.05, 0.1) is 6.61 Å². The number of hydrogen-bond donors (Lipinski definition) is 0. The van der Waals surface area contributed by atoms with Crippen LogP contribution in [0.15, 0.2) is 30.3 Å². The first-order valence-electron chi connectivity index (χ1n) is 6.88. The summed E-state index contributed by atoms with van der Waals surface area (Å²) in [5, 5.41) is 0. The summed E-state index contributed by atoms with van der Waals surface area (Å²) >= 11 is 0. The van der Waals surface area contributed by atoms with Crippen LogP contribution in [0.25, 0.3) is 0 Å². The van der Waals surface area contributed by atoms with Crippen LogP contribution in [0, 0.1) is 11.8 Å². The average Bonchev–Trinajstić information content (AvgIpc) is 2.40. The molecule has 18 heavy (non-hydrogen) atoms. The fourth-order valence-electron chi connectivity index (χ4n) is 2.65. The fraction of sp³-hybridized carbons (Fsp3) is 0.562. The molecule has 1 saturated carbocycles. The fourth-order valence-corrected chi connectivity index (χ4v) is 2.65. The van der Waals surface area contributed by atoms with Gasteiger partial charge < -0.3 is 4.74 Å². The van der Waals surface area contributed by atoms with Gasteiger partial charge in [0.25, 0.3) is 0 Å². The number of carbonyl (C=O) groups excluding carboxylic acids is 1. The molecule has 0 N–H and O–H groups in total. The molecule has 0 heterocycles. The number of Topliss-reactive ketones (excluding diaryl/α,β-unsaturated/α-hetero) is 1. The van der Waals surface area contributed by atoms with E-state index in [2.05, 4.69) is 12.1 Å². The Hall–Kier alpha value is -1.15. The standard InChI is InChI=1S/C16H22O2/c1-13(17)16-9-7-15(8-10-16)12-18-11-14-5-3-2-4-6-14/h2-6,15-16H,7-12H2,1H3/t15-,16-. The highest BCUT2D eigenvalue weighted by Gasteiger charge is 2.23. The summed E-state index contributed by atoms with van der Waals surface area (Å²) in [4.78, 5) is 11.3. The number of rotatable bonds is 5. The van der Waals surface area contributed by atoms with E-state index in [1.807, 2.05) is 18.2 Å². The molecule has 1 aliphatic carbocycles. The first kappa shape index (κ1) is 13.3. The molecule has 0 bridgehead atoms. The minimum Gasteiger partial charge on any atom is -0.376 e. The molecule has 2 heteroatoms. The van der Waals surface area contributed by atoms with Crippen molar-refractivity contribution in [3.05, 3.63) is 35.9 Å². The Morgan fingerprint density at radius 2 is 1.83 bits per heavy atom. The summed E-state index contributed by atoms with van der Waals surface area (Å²) in [6, 6.07) is 10.3. The van der Waals surface area contributed by atoms with Gasteiger partial charge in [0.2, 0.25) is 0 Å². The maximum absolute atomic E-state index is 11.3. The van der Waals surface area contributed by atoms with Crippen LogP contribution in [0.2, 0.25) is 0 Å². The van der Waals surface area contributed by atoms with Crippen LogP contribution in [-0.4, -0.2) is 12.4 Å². The normalized spacial score (nSPS) is 23.8. The lowest BCUT2D eigenvalue weighted by molar-refractivity contribution is -0.122. The number of ketones is 1. The Morgan fingerprint density at radius 3 is 2.44 bits per heavy atom. The second-order valence-corrected chi connectivity index (χ2v) is 5.33. The Balaban J connectivity index is 1.65. The zero-order valence-corrected chi connectivity index (χ0v) is 11.1. The molecule has 1 fully saturated rings. The van der Waals surface area contributed by atoms with Crippen molar-refractivity contribution < 1.29 is 9.53 Å². The lowest BCUT2D eigenvalue weighted by Gasteiger charge is -2.26. The number of benzene rings is 1. The van der Waals surface area contributed by atoms with Crippen molar-refractivity contribution in [1.82, 2.24) is 0 Å².